The van der Waals surface area contributed by atoms with E-state index in [-0.39, 0.29) is 12.5 Å². The maximum Gasteiger partial charge on any atom is 0.220 e. The van der Waals surface area contributed by atoms with E-state index in [0.29, 0.717) is 6.42 Å². The van der Waals surface area contributed by atoms with E-state index in [0.717, 1.165) is 77.0 Å². The number of hydrogen-bond donors (Lipinski definition) is 3. The number of unbranched alkanes of at least 4 members (excludes halogenated alkanes) is 41. The Morgan fingerprint density at radius 2 is 0.562 bits per heavy atom. The standard InChI is InChI=1S/C76H135NO3/c1-3-5-7-9-11-13-15-17-19-21-23-25-27-29-31-33-35-36-37-38-39-40-42-44-46-48-50-52-54-56-58-60-62-64-66-68-70-72-76(80)77-74(73-78)75(79)71-69-67-65-63-61-59-57-55-53-51-49-47-45-43-41-34-32-30-28-26-24-22-20-18-16-14-12-10-8-6-4-2/h5,7,11,13,17,19,23,25,29,31,35-36,53,55,61,63,69,71,74-75,78-79H,3-4,6,8-10,12,14-16,18,20-22,24,26-28,30,32-34,37-52,54,56-60,62,64-68,70,72-73H2,1-2H3,(H,77,80)/b7-5-,13-11-,19-17-,25-23-,31-29-,36-35-,55-53+,63-61+,71-69+. The molecule has 0 saturated carbocycles. The summed E-state index contributed by atoms with van der Waals surface area (Å²) in [5, 5.41) is 23.3. The van der Waals surface area contributed by atoms with Gasteiger partial charge in [0.1, 0.15) is 0 Å². The monoisotopic (exact) mass is 1110 g/mol. The molecule has 0 aromatic carbocycles. The molecule has 0 aromatic heterocycles. The van der Waals surface area contributed by atoms with Gasteiger partial charge in [-0.25, -0.2) is 0 Å². The van der Waals surface area contributed by atoms with Crippen molar-refractivity contribution in [3.63, 3.8) is 0 Å². The lowest BCUT2D eigenvalue weighted by molar-refractivity contribution is -0.123. The highest BCUT2D eigenvalue weighted by molar-refractivity contribution is 5.76. The van der Waals surface area contributed by atoms with Gasteiger partial charge in [0.2, 0.25) is 5.91 Å². The molecule has 3 N–H and O–H groups in total. The normalized spacial score (nSPS) is 13.4. The Balaban J connectivity index is 3.52. The number of nitrogens with one attached hydrogen (secondary N) is 1. The molecule has 0 aliphatic rings. The largest absolute Gasteiger partial charge is 0.394 e. The van der Waals surface area contributed by atoms with Crippen LogP contribution in [0.3, 0.4) is 0 Å². The molecule has 0 bridgehead atoms. The van der Waals surface area contributed by atoms with Gasteiger partial charge < -0.3 is 15.5 Å². The number of aliphatic hydroxyl groups is 2. The van der Waals surface area contributed by atoms with Crippen molar-refractivity contribution in [1.29, 1.82) is 0 Å². The van der Waals surface area contributed by atoms with Crippen molar-refractivity contribution in [3.05, 3.63) is 109 Å². The van der Waals surface area contributed by atoms with Gasteiger partial charge in [-0.15, -0.1) is 0 Å². The Morgan fingerprint density at radius 3 is 0.875 bits per heavy atom. The highest BCUT2D eigenvalue weighted by Crippen LogP contribution is 2.18. The van der Waals surface area contributed by atoms with E-state index in [4.69, 9.17) is 0 Å². The molecule has 2 unspecified atom stereocenters. The van der Waals surface area contributed by atoms with Crippen molar-refractivity contribution >= 4 is 5.91 Å². The third kappa shape index (κ3) is 65.9. The van der Waals surface area contributed by atoms with Crippen LogP contribution in [0.15, 0.2) is 109 Å². The fourth-order valence-electron chi connectivity index (χ4n) is 10.5. The fraction of sp³-hybridized carbons (Fsp3) is 0.750. The lowest BCUT2D eigenvalue weighted by Crippen LogP contribution is -2.45. The molecular weight excluding hydrogens is 975 g/mol. The van der Waals surface area contributed by atoms with E-state index < -0.39 is 12.1 Å². The second-order valence-electron chi connectivity index (χ2n) is 23.6. The van der Waals surface area contributed by atoms with Crippen LogP contribution in [0, 0.1) is 0 Å². The third-order valence-corrected chi connectivity index (χ3v) is 15.7. The first-order valence-corrected chi connectivity index (χ1v) is 35.1. The van der Waals surface area contributed by atoms with Gasteiger partial charge in [-0.3, -0.25) is 4.79 Å². The van der Waals surface area contributed by atoms with E-state index in [1.165, 1.54) is 250 Å². The third-order valence-electron chi connectivity index (χ3n) is 15.7. The lowest BCUT2D eigenvalue weighted by atomic mass is 10.0. The lowest BCUT2D eigenvalue weighted by Gasteiger charge is -2.19. The zero-order chi connectivity index (χ0) is 57.6. The summed E-state index contributed by atoms with van der Waals surface area (Å²) in [6.07, 6.45) is 106. The highest BCUT2D eigenvalue weighted by Gasteiger charge is 2.18. The van der Waals surface area contributed by atoms with Gasteiger partial charge in [-0.05, 0) is 96.3 Å². The molecule has 2 atom stereocenters. The van der Waals surface area contributed by atoms with Gasteiger partial charge in [-0.1, -0.05) is 354 Å². The maximum absolute atomic E-state index is 12.5. The van der Waals surface area contributed by atoms with Crippen LogP contribution in [-0.2, 0) is 4.79 Å². The zero-order valence-electron chi connectivity index (χ0n) is 53.3. The molecule has 1 amide bonds. The Hall–Kier alpha value is -2.95. The number of carbonyl (C=O) groups excluding carboxylic acids is 1. The van der Waals surface area contributed by atoms with E-state index in [1.54, 1.807) is 6.08 Å². The Kier molecular flexibility index (Phi) is 67.7. The SMILES string of the molecule is CC/C=C\C/C=C\C/C=C\C/C=C\C/C=C\C/C=C\CCCCCCCCCCCCCCCCCCCCC(=O)NC(CO)C(O)/C=C/CC/C=C/CC/C=C/CCCCCCCCCCCCCCCCCCCCCCC. The first-order valence-electron chi connectivity index (χ1n) is 35.1. The summed E-state index contributed by atoms with van der Waals surface area (Å²) >= 11 is 0. The molecule has 0 aliphatic heterocycles. The van der Waals surface area contributed by atoms with Crippen molar-refractivity contribution in [3.8, 4) is 0 Å². The summed E-state index contributed by atoms with van der Waals surface area (Å²) in [5.74, 6) is -0.0761. The van der Waals surface area contributed by atoms with Crippen LogP contribution in [-0.4, -0.2) is 34.9 Å². The number of aliphatic hydroxyl groups excluding tert-OH is 2. The van der Waals surface area contributed by atoms with Crippen LogP contribution in [0.25, 0.3) is 0 Å². The van der Waals surface area contributed by atoms with E-state index in [1.807, 2.05) is 6.08 Å². The Labute approximate surface area is 499 Å². The number of hydrogen-bond acceptors (Lipinski definition) is 3. The van der Waals surface area contributed by atoms with Gasteiger partial charge in [0.15, 0.2) is 0 Å². The quantitative estimate of drug-likeness (QED) is 0.0420. The molecule has 4 nitrogen and oxygen atoms in total. The summed E-state index contributed by atoms with van der Waals surface area (Å²) in [6, 6.07) is -0.652. The minimum Gasteiger partial charge on any atom is -0.394 e. The van der Waals surface area contributed by atoms with Crippen LogP contribution in [0.1, 0.15) is 348 Å². The number of allylic oxidation sites excluding steroid dienone is 17. The molecule has 0 heterocycles. The van der Waals surface area contributed by atoms with Gasteiger partial charge >= 0.3 is 0 Å². The molecule has 0 aromatic rings. The van der Waals surface area contributed by atoms with Crippen molar-refractivity contribution in [2.45, 2.75) is 360 Å². The molecule has 462 valence electrons. The molecule has 4 heteroatoms. The predicted octanol–water partition coefficient (Wildman–Crippen LogP) is 24.2. The van der Waals surface area contributed by atoms with Crippen molar-refractivity contribution in [1.82, 2.24) is 5.32 Å². The molecule has 80 heavy (non-hydrogen) atoms. The van der Waals surface area contributed by atoms with Crippen LogP contribution < -0.4 is 5.32 Å². The summed E-state index contributed by atoms with van der Waals surface area (Å²) in [7, 11) is 0. The number of rotatable bonds is 64. The van der Waals surface area contributed by atoms with Crippen molar-refractivity contribution in [2.24, 2.45) is 0 Å². The fourth-order valence-corrected chi connectivity index (χ4v) is 10.5. The van der Waals surface area contributed by atoms with Crippen molar-refractivity contribution in [2.75, 3.05) is 6.61 Å². The predicted molar refractivity (Wildman–Crippen MR) is 359 cm³/mol. The maximum atomic E-state index is 12.5. The second-order valence-corrected chi connectivity index (χ2v) is 23.6. The van der Waals surface area contributed by atoms with Gasteiger partial charge in [-0.2, -0.15) is 0 Å². The molecule has 0 saturated heterocycles. The summed E-state index contributed by atoms with van der Waals surface area (Å²) in [4.78, 5) is 12.5. The highest BCUT2D eigenvalue weighted by atomic mass is 16.3. The average molecular weight is 1110 g/mol. The van der Waals surface area contributed by atoms with Crippen LogP contribution >= 0.6 is 0 Å². The summed E-state index contributed by atoms with van der Waals surface area (Å²) in [6.45, 7) is 4.21. The smallest absolute Gasteiger partial charge is 0.220 e. The first-order chi connectivity index (χ1) is 39.7. The van der Waals surface area contributed by atoms with Gasteiger partial charge in [0.05, 0.1) is 18.8 Å². The van der Waals surface area contributed by atoms with Crippen LogP contribution in [0.2, 0.25) is 0 Å². The van der Waals surface area contributed by atoms with E-state index >= 15 is 0 Å². The Morgan fingerprint density at radius 1 is 0.312 bits per heavy atom. The van der Waals surface area contributed by atoms with E-state index in [2.05, 4.69) is 116 Å². The van der Waals surface area contributed by atoms with Gasteiger partial charge in [0, 0.05) is 6.42 Å². The van der Waals surface area contributed by atoms with E-state index in [9.17, 15) is 15.0 Å². The molecule has 0 aliphatic carbocycles. The first kappa shape index (κ1) is 77.0. The molecule has 0 rings (SSSR count). The van der Waals surface area contributed by atoms with Crippen LogP contribution in [0.5, 0.6) is 0 Å². The number of amides is 1. The second kappa shape index (κ2) is 70.3. The summed E-state index contributed by atoms with van der Waals surface area (Å²) < 4.78 is 0. The van der Waals surface area contributed by atoms with Gasteiger partial charge in [0.25, 0.3) is 0 Å². The number of carbonyl (C=O) groups is 1. The minimum atomic E-state index is -0.877. The Bertz CT molecular complexity index is 1490. The average Bonchev–Trinajstić information content (AvgIpc) is 3.46. The topological polar surface area (TPSA) is 69.6 Å². The minimum absolute atomic E-state index is 0.0761. The molecular formula is C76H135NO3. The molecule has 0 spiro atoms. The molecule has 0 radical (unpaired) electrons. The summed E-state index contributed by atoms with van der Waals surface area (Å²) in [5.41, 5.74) is 0. The van der Waals surface area contributed by atoms with Crippen molar-refractivity contribution < 1.29 is 15.0 Å². The zero-order valence-corrected chi connectivity index (χ0v) is 53.3. The van der Waals surface area contributed by atoms with Crippen LogP contribution in [0.4, 0.5) is 0 Å². The molecule has 0 fully saturated rings.